The number of carbonyl (C=O) groups is 1. The highest BCUT2D eigenvalue weighted by Gasteiger charge is 2.17. The van der Waals surface area contributed by atoms with Gasteiger partial charge < -0.3 is 0 Å². The van der Waals surface area contributed by atoms with Crippen LogP contribution in [0.5, 0.6) is 0 Å². The van der Waals surface area contributed by atoms with E-state index < -0.39 is 0 Å². The monoisotopic (exact) mass is 181 g/mol. The number of carbonyl (C=O) groups excluding carboxylic acids is 1. The molecule has 1 aliphatic rings. The summed E-state index contributed by atoms with van der Waals surface area (Å²) in [7, 11) is 0. The molecule has 0 aromatic rings. The van der Waals surface area contributed by atoms with Crippen molar-refractivity contribution in [1.82, 2.24) is 3.33 Å². The SMILES string of the molecule is O=C1CCSN1Br. The molecule has 1 rings (SSSR count). The Morgan fingerprint density at radius 3 is 2.71 bits per heavy atom. The van der Waals surface area contributed by atoms with Gasteiger partial charge in [0, 0.05) is 12.2 Å². The molecule has 1 aliphatic heterocycles. The van der Waals surface area contributed by atoms with Crippen molar-refractivity contribution in [1.29, 1.82) is 0 Å². The Morgan fingerprint density at radius 2 is 2.57 bits per heavy atom. The molecule has 0 unspecified atom stereocenters. The molecule has 0 bridgehead atoms. The molecule has 0 saturated carbocycles. The molecule has 1 fully saturated rings. The molecule has 1 heterocycles. The van der Waals surface area contributed by atoms with Crippen LogP contribution in [0.3, 0.4) is 0 Å². The first-order valence-electron chi connectivity index (χ1n) is 1.92. The molecular formula is C3H4BrNOS. The van der Waals surface area contributed by atoms with Crippen molar-refractivity contribution in [2.45, 2.75) is 6.42 Å². The van der Waals surface area contributed by atoms with Crippen molar-refractivity contribution in [3.05, 3.63) is 0 Å². The third kappa shape index (κ3) is 1.10. The Bertz CT molecular complexity index is 96.9. The summed E-state index contributed by atoms with van der Waals surface area (Å²) in [4.78, 5) is 10.4. The molecule has 40 valence electrons. The van der Waals surface area contributed by atoms with Crippen molar-refractivity contribution in [2.24, 2.45) is 0 Å². The van der Waals surface area contributed by atoms with Crippen LogP contribution in [0.4, 0.5) is 0 Å². The molecular weight excluding hydrogens is 178 g/mol. The average Bonchev–Trinajstić information content (AvgIpc) is 1.91. The lowest BCUT2D eigenvalue weighted by atomic mass is 10.5. The van der Waals surface area contributed by atoms with E-state index in [2.05, 4.69) is 16.1 Å². The molecule has 2 nitrogen and oxygen atoms in total. The second-order valence-electron chi connectivity index (χ2n) is 1.22. The molecule has 7 heavy (non-hydrogen) atoms. The van der Waals surface area contributed by atoms with Crippen molar-refractivity contribution in [3.8, 4) is 0 Å². The zero-order valence-electron chi connectivity index (χ0n) is 3.56. The normalized spacial score (nSPS) is 21.3. The summed E-state index contributed by atoms with van der Waals surface area (Å²) >= 11 is 4.56. The Hall–Kier alpha value is 0.300. The fourth-order valence-corrected chi connectivity index (χ4v) is 1.65. The minimum Gasteiger partial charge on any atom is -0.273 e. The van der Waals surface area contributed by atoms with Gasteiger partial charge in [0.05, 0.1) is 16.1 Å². The van der Waals surface area contributed by atoms with Crippen LogP contribution in [0, 0.1) is 0 Å². The second-order valence-corrected chi connectivity index (χ2v) is 3.43. The topological polar surface area (TPSA) is 20.3 Å². The second kappa shape index (κ2) is 2.05. The summed E-state index contributed by atoms with van der Waals surface area (Å²) in [5.74, 6) is 1.09. The highest BCUT2D eigenvalue weighted by atomic mass is 79.9. The largest absolute Gasteiger partial charge is 0.273 e. The molecule has 0 radical (unpaired) electrons. The van der Waals surface area contributed by atoms with Gasteiger partial charge in [0.25, 0.3) is 0 Å². The van der Waals surface area contributed by atoms with Crippen LogP contribution in [-0.2, 0) is 4.79 Å². The summed E-state index contributed by atoms with van der Waals surface area (Å²) < 4.78 is 1.49. The van der Waals surface area contributed by atoms with Crippen LogP contribution in [0.1, 0.15) is 6.42 Å². The Kier molecular flexibility index (Phi) is 1.59. The van der Waals surface area contributed by atoms with Crippen LogP contribution in [0.2, 0.25) is 0 Å². The van der Waals surface area contributed by atoms with Crippen LogP contribution in [0.25, 0.3) is 0 Å². The first-order chi connectivity index (χ1) is 3.30. The fourth-order valence-electron chi connectivity index (χ4n) is 0.373. The summed E-state index contributed by atoms with van der Waals surface area (Å²) in [5.41, 5.74) is 0. The van der Waals surface area contributed by atoms with Gasteiger partial charge in [-0.25, -0.2) is 3.33 Å². The van der Waals surface area contributed by atoms with Gasteiger partial charge in [-0.05, 0) is 11.9 Å². The van der Waals surface area contributed by atoms with Crippen LogP contribution < -0.4 is 0 Å². The molecule has 0 aromatic heterocycles. The minimum absolute atomic E-state index is 0.171. The van der Waals surface area contributed by atoms with E-state index in [-0.39, 0.29) is 5.91 Å². The number of rotatable bonds is 0. The highest BCUT2D eigenvalue weighted by molar-refractivity contribution is 9.09. The minimum atomic E-state index is 0.171. The third-order valence-electron chi connectivity index (χ3n) is 0.717. The molecule has 1 amide bonds. The van der Waals surface area contributed by atoms with E-state index in [0.29, 0.717) is 6.42 Å². The Labute approximate surface area is 54.7 Å². The third-order valence-corrected chi connectivity index (χ3v) is 2.54. The van der Waals surface area contributed by atoms with E-state index in [4.69, 9.17) is 0 Å². The standard InChI is InChI=1S/C3H4BrNOS/c4-5-3(6)1-2-7-5/h1-2H2. The number of amides is 1. The quantitative estimate of drug-likeness (QED) is 0.414. The molecule has 0 spiro atoms. The zero-order chi connectivity index (χ0) is 5.28. The predicted octanol–water partition coefficient (Wildman–Crippen LogP) is 1.18. The molecule has 1 saturated heterocycles. The van der Waals surface area contributed by atoms with E-state index in [1.807, 2.05) is 0 Å². The highest BCUT2D eigenvalue weighted by Crippen LogP contribution is 2.24. The maximum Gasteiger partial charge on any atom is 0.243 e. The van der Waals surface area contributed by atoms with Gasteiger partial charge in [0.2, 0.25) is 5.91 Å². The average molecular weight is 182 g/mol. The molecule has 4 heteroatoms. The number of nitrogens with zero attached hydrogens (tertiary/aromatic N) is 1. The maximum atomic E-state index is 10.4. The van der Waals surface area contributed by atoms with Gasteiger partial charge in [0.1, 0.15) is 0 Å². The lowest BCUT2D eigenvalue weighted by molar-refractivity contribution is -0.121. The number of hydrogen-bond acceptors (Lipinski definition) is 2. The first kappa shape index (κ1) is 5.44. The maximum absolute atomic E-state index is 10.4. The number of hydrogen-bond donors (Lipinski definition) is 0. The Morgan fingerprint density at radius 1 is 1.86 bits per heavy atom. The summed E-state index contributed by atoms with van der Waals surface area (Å²) in [6.45, 7) is 0. The van der Waals surface area contributed by atoms with Crippen molar-refractivity contribution < 1.29 is 4.79 Å². The van der Waals surface area contributed by atoms with Crippen molar-refractivity contribution in [2.75, 3.05) is 5.75 Å². The van der Waals surface area contributed by atoms with E-state index in [1.165, 1.54) is 15.3 Å². The van der Waals surface area contributed by atoms with Crippen LogP contribution in [0.15, 0.2) is 0 Å². The summed E-state index contributed by atoms with van der Waals surface area (Å²) in [6, 6.07) is 0. The smallest absolute Gasteiger partial charge is 0.243 e. The zero-order valence-corrected chi connectivity index (χ0v) is 5.96. The molecule has 0 atom stereocenters. The molecule has 0 N–H and O–H groups in total. The number of halogens is 1. The van der Waals surface area contributed by atoms with E-state index in [9.17, 15) is 4.79 Å². The van der Waals surface area contributed by atoms with E-state index in [1.54, 1.807) is 0 Å². The van der Waals surface area contributed by atoms with Gasteiger partial charge in [-0.3, -0.25) is 4.79 Å². The van der Waals surface area contributed by atoms with Crippen molar-refractivity contribution in [3.63, 3.8) is 0 Å². The fraction of sp³-hybridized carbons (Fsp3) is 0.667. The first-order valence-corrected chi connectivity index (χ1v) is 3.57. The van der Waals surface area contributed by atoms with Gasteiger partial charge in [0.15, 0.2) is 0 Å². The lowest BCUT2D eigenvalue weighted by Crippen LogP contribution is -2.03. The summed E-state index contributed by atoms with van der Waals surface area (Å²) in [6.07, 6.45) is 0.677. The van der Waals surface area contributed by atoms with Crippen molar-refractivity contribution >= 4 is 34.0 Å². The van der Waals surface area contributed by atoms with Crippen LogP contribution in [-0.4, -0.2) is 15.0 Å². The summed E-state index contributed by atoms with van der Waals surface area (Å²) in [5, 5.41) is 0. The van der Waals surface area contributed by atoms with E-state index in [0.717, 1.165) is 5.75 Å². The van der Waals surface area contributed by atoms with Gasteiger partial charge in [-0.15, -0.1) is 0 Å². The lowest BCUT2D eigenvalue weighted by Gasteiger charge is -1.97. The predicted molar refractivity (Wildman–Crippen MR) is 32.8 cm³/mol. The molecule has 0 aromatic carbocycles. The van der Waals surface area contributed by atoms with Gasteiger partial charge in [-0.2, -0.15) is 0 Å². The molecule has 0 aliphatic carbocycles. The van der Waals surface area contributed by atoms with Gasteiger partial charge in [-0.1, -0.05) is 0 Å². The van der Waals surface area contributed by atoms with Crippen LogP contribution >= 0.6 is 28.1 Å². The Balaban J connectivity index is 2.48. The van der Waals surface area contributed by atoms with E-state index >= 15 is 0 Å². The van der Waals surface area contributed by atoms with Gasteiger partial charge >= 0.3 is 0 Å².